The Kier molecular flexibility index (Phi) is 6.29. The van der Waals surface area contributed by atoms with Gasteiger partial charge in [-0.3, -0.25) is 15.6 Å². The predicted molar refractivity (Wildman–Crippen MR) is 106 cm³/mol. The Morgan fingerprint density at radius 3 is 2.67 bits per heavy atom. The molecule has 0 fully saturated rings. The molecule has 3 rings (SSSR count). The minimum atomic E-state index is -0.417. The summed E-state index contributed by atoms with van der Waals surface area (Å²) >= 11 is 1.44. The number of urea groups is 1. The molecule has 9 heteroatoms. The number of nitrogens with zero attached hydrogens (tertiary/aromatic N) is 4. The Balaban J connectivity index is 1.56. The maximum atomic E-state index is 12.2. The van der Waals surface area contributed by atoms with Crippen LogP contribution in [0.15, 0.2) is 48.1 Å². The Labute approximate surface area is 161 Å². The highest BCUT2D eigenvalue weighted by Gasteiger charge is 2.09. The van der Waals surface area contributed by atoms with Gasteiger partial charge >= 0.3 is 6.03 Å². The second-order valence-electron chi connectivity index (χ2n) is 5.87. The second-order valence-corrected chi connectivity index (χ2v) is 6.72. The summed E-state index contributed by atoms with van der Waals surface area (Å²) in [5.74, 6) is 1.34. The van der Waals surface area contributed by atoms with Crippen LogP contribution in [0.2, 0.25) is 0 Å². The van der Waals surface area contributed by atoms with Gasteiger partial charge in [-0.05, 0) is 32.3 Å². The van der Waals surface area contributed by atoms with Gasteiger partial charge in [0.2, 0.25) is 5.88 Å². The highest BCUT2D eigenvalue weighted by atomic mass is 32.1. The summed E-state index contributed by atoms with van der Waals surface area (Å²) in [5.41, 5.74) is 0.952. The first-order chi connectivity index (χ1) is 13.1. The van der Waals surface area contributed by atoms with Gasteiger partial charge in [0.15, 0.2) is 0 Å². The van der Waals surface area contributed by atoms with Crippen LogP contribution in [-0.4, -0.2) is 53.1 Å². The number of hydrogen-bond acceptors (Lipinski definition) is 7. The lowest BCUT2D eigenvalue weighted by Gasteiger charge is -2.11. The van der Waals surface area contributed by atoms with Crippen molar-refractivity contribution in [1.29, 1.82) is 0 Å². The van der Waals surface area contributed by atoms with Crippen molar-refractivity contribution in [3.63, 3.8) is 0 Å². The lowest BCUT2D eigenvalue weighted by atomic mass is 10.3. The van der Waals surface area contributed by atoms with E-state index in [1.807, 2.05) is 31.1 Å². The molecule has 0 aliphatic rings. The lowest BCUT2D eigenvalue weighted by molar-refractivity contribution is 0.254. The van der Waals surface area contributed by atoms with Gasteiger partial charge < -0.3 is 9.64 Å². The van der Waals surface area contributed by atoms with Crippen LogP contribution in [0.5, 0.6) is 5.88 Å². The molecular weight excluding hydrogens is 364 g/mol. The van der Waals surface area contributed by atoms with Crippen molar-refractivity contribution in [2.75, 3.05) is 37.9 Å². The lowest BCUT2D eigenvalue weighted by Crippen LogP contribution is -2.21. The number of carbonyl (C=O) groups excluding carboxylic acids is 1. The number of aromatic nitrogens is 3. The molecule has 3 aromatic rings. The summed E-state index contributed by atoms with van der Waals surface area (Å²) in [4.78, 5) is 26.9. The van der Waals surface area contributed by atoms with Gasteiger partial charge in [0, 0.05) is 35.9 Å². The molecule has 0 aliphatic carbocycles. The SMILES string of the molecule is CN(C)CCOc1cccc(NC(=O)Nc2csc(-c3ccncc3)n2)n1. The molecule has 0 atom stereocenters. The molecule has 0 unspecified atom stereocenters. The van der Waals surface area contributed by atoms with Gasteiger partial charge in [-0.2, -0.15) is 4.98 Å². The molecular formula is C18H20N6O2S. The maximum absolute atomic E-state index is 12.2. The van der Waals surface area contributed by atoms with Crippen molar-refractivity contribution in [3.8, 4) is 16.5 Å². The minimum absolute atomic E-state index is 0.402. The van der Waals surface area contributed by atoms with E-state index in [-0.39, 0.29) is 0 Å². The maximum Gasteiger partial charge on any atom is 0.326 e. The average molecular weight is 384 g/mol. The van der Waals surface area contributed by atoms with Gasteiger partial charge in [-0.25, -0.2) is 9.78 Å². The first kappa shape index (κ1) is 18.7. The van der Waals surface area contributed by atoms with Crippen molar-refractivity contribution >= 4 is 29.0 Å². The zero-order valence-corrected chi connectivity index (χ0v) is 15.9. The molecule has 140 valence electrons. The highest BCUT2D eigenvalue weighted by Crippen LogP contribution is 2.25. The Hall–Kier alpha value is -3.04. The van der Waals surface area contributed by atoms with Crippen molar-refractivity contribution < 1.29 is 9.53 Å². The molecule has 0 bridgehead atoms. The Bertz CT molecular complexity index is 884. The van der Waals surface area contributed by atoms with Crippen LogP contribution in [0.4, 0.5) is 16.4 Å². The molecule has 0 spiro atoms. The number of ether oxygens (including phenoxy) is 1. The molecule has 3 aromatic heterocycles. The van der Waals surface area contributed by atoms with E-state index >= 15 is 0 Å². The molecule has 2 N–H and O–H groups in total. The summed E-state index contributed by atoms with van der Waals surface area (Å²) in [7, 11) is 3.94. The highest BCUT2D eigenvalue weighted by molar-refractivity contribution is 7.13. The smallest absolute Gasteiger partial charge is 0.326 e. The third kappa shape index (κ3) is 5.73. The van der Waals surface area contributed by atoms with E-state index in [0.717, 1.165) is 17.1 Å². The van der Waals surface area contributed by atoms with Crippen LogP contribution in [0.1, 0.15) is 0 Å². The van der Waals surface area contributed by atoms with Crippen LogP contribution in [0, 0.1) is 0 Å². The first-order valence-electron chi connectivity index (χ1n) is 8.28. The number of likely N-dealkylation sites (N-methyl/N-ethyl adjacent to an activating group) is 1. The Morgan fingerprint density at radius 1 is 1.11 bits per heavy atom. The molecule has 27 heavy (non-hydrogen) atoms. The summed E-state index contributed by atoms with van der Waals surface area (Å²) in [6.45, 7) is 1.30. The van der Waals surface area contributed by atoms with Crippen LogP contribution in [0.3, 0.4) is 0 Å². The number of pyridine rings is 2. The van der Waals surface area contributed by atoms with E-state index in [1.165, 1.54) is 11.3 Å². The predicted octanol–water partition coefficient (Wildman–Crippen LogP) is 3.18. The van der Waals surface area contributed by atoms with Crippen LogP contribution < -0.4 is 15.4 Å². The minimum Gasteiger partial charge on any atom is -0.476 e. The molecule has 0 aromatic carbocycles. The van der Waals surface area contributed by atoms with E-state index in [4.69, 9.17) is 4.74 Å². The molecule has 0 aliphatic heterocycles. The van der Waals surface area contributed by atoms with Gasteiger partial charge in [-0.1, -0.05) is 6.07 Å². The van der Waals surface area contributed by atoms with E-state index in [2.05, 4.69) is 25.6 Å². The fourth-order valence-electron chi connectivity index (χ4n) is 2.12. The molecule has 0 saturated heterocycles. The van der Waals surface area contributed by atoms with Gasteiger partial charge in [0.05, 0.1) is 0 Å². The van der Waals surface area contributed by atoms with Crippen molar-refractivity contribution in [2.45, 2.75) is 0 Å². The van der Waals surface area contributed by atoms with Gasteiger partial charge in [0.1, 0.15) is 23.3 Å². The van der Waals surface area contributed by atoms with Crippen molar-refractivity contribution in [2.24, 2.45) is 0 Å². The summed E-state index contributed by atoms with van der Waals surface area (Å²) < 4.78 is 5.57. The van der Waals surface area contributed by atoms with E-state index in [9.17, 15) is 4.79 Å². The normalized spacial score (nSPS) is 10.6. The zero-order valence-electron chi connectivity index (χ0n) is 15.0. The van der Waals surface area contributed by atoms with E-state index in [1.54, 1.807) is 36.0 Å². The third-order valence-corrected chi connectivity index (χ3v) is 4.32. The third-order valence-electron chi connectivity index (χ3n) is 3.43. The van der Waals surface area contributed by atoms with Crippen molar-refractivity contribution in [1.82, 2.24) is 19.9 Å². The number of anilines is 2. The number of rotatable bonds is 7. The second kappa shape index (κ2) is 9.06. The molecule has 0 saturated carbocycles. The van der Waals surface area contributed by atoms with Gasteiger partial charge in [-0.15, -0.1) is 11.3 Å². The van der Waals surface area contributed by atoms with Crippen molar-refractivity contribution in [3.05, 3.63) is 48.1 Å². The number of hydrogen-bond donors (Lipinski definition) is 2. The van der Waals surface area contributed by atoms with Crippen LogP contribution >= 0.6 is 11.3 Å². The fourth-order valence-corrected chi connectivity index (χ4v) is 2.88. The number of nitrogens with one attached hydrogen (secondary N) is 2. The zero-order chi connectivity index (χ0) is 19.1. The Morgan fingerprint density at radius 2 is 1.89 bits per heavy atom. The number of amides is 2. The van der Waals surface area contributed by atoms with Crippen LogP contribution in [0.25, 0.3) is 10.6 Å². The number of thiazole rings is 1. The average Bonchev–Trinajstić information content (AvgIpc) is 3.11. The standard InChI is InChI=1S/C18H20N6O2S/c1-24(2)10-11-26-16-5-3-4-14(20-16)22-18(25)23-15-12-27-17(21-15)13-6-8-19-9-7-13/h3-9,12H,10-11H2,1-2H3,(H2,20,22,23,25). The van der Waals surface area contributed by atoms with E-state index < -0.39 is 6.03 Å². The van der Waals surface area contributed by atoms with Gasteiger partial charge in [0.25, 0.3) is 0 Å². The van der Waals surface area contributed by atoms with E-state index in [0.29, 0.717) is 24.1 Å². The van der Waals surface area contributed by atoms with Crippen LogP contribution in [-0.2, 0) is 0 Å². The quantitative estimate of drug-likeness (QED) is 0.650. The molecule has 2 amide bonds. The monoisotopic (exact) mass is 384 g/mol. The molecule has 8 nitrogen and oxygen atoms in total. The largest absolute Gasteiger partial charge is 0.476 e. The summed E-state index contributed by atoms with van der Waals surface area (Å²) in [6.07, 6.45) is 3.41. The molecule has 3 heterocycles. The summed E-state index contributed by atoms with van der Waals surface area (Å²) in [6, 6.07) is 8.54. The fraction of sp³-hybridized carbons (Fsp3) is 0.222. The molecule has 0 radical (unpaired) electrons. The summed E-state index contributed by atoms with van der Waals surface area (Å²) in [5, 5.41) is 7.98. The first-order valence-corrected chi connectivity index (χ1v) is 9.16. The topological polar surface area (TPSA) is 92.3 Å². The number of carbonyl (C=O) groups is 1.